The lowest BCUT2D eigenvalue weighted by Gasteiger charge is -2.33. The van der Waals surface area contributed by atoms with Gasteiger partial charge in [0.2, 0.25) is 5.82 Å². The van der Waals surface area contributed by atoms with Crippen molar-refractivity contribution in [2.45, 2.75) is 6.42 Å². The van der Waals surface area contributed by atoms with Gasteiger partial charge < -0.3 is 4.90 Å². The molecule has 3 aromatic rings. The monoisotopic (exact) mass is 289 g/mol. The lowest BCUT2D eigenvalue weighted by molar-refractivity contribution is 0.607. The standard InChI is InChI=1S/C17H15N5/c1-2-7-13(8-3-1)15-17(22-11-6-12-22)19-16(21-20-15)14-9-4-5-10-18-14/h1-5,7-10H,6,11-12H2. The zero-order valence-electron chi connectivity index (χ0n) is 12.1. The van der Waals surface area contributed by atoms with Gasteiger partial charge in [-0.1, -0.05) is 36.4 Å². The summed E-state index contributed by atoms with van der Waals surface area (Å²) in [5.74, 6) is 1.47. The minimum absolute atomic E-state index is 0.571. The fourth-order valence-corrected chi connectivity index (χ4v) is 2.45. The van der Waals surface area contributed by atoms with Gasteiger partial charge in [0, 0.05) is 24.8 Å². The molecule has 4 rings (SSSR count). The Morgan fingerprint density at radius 2 is 1.68 bits per heavy atom. The van der Waals surface area contributed by atoms with Crippen LogP contribution in [0.1, 0.15) is 6.42 Å². The molecule has 0 amide bonds. The van der Waals surface area contributed by atoms with Gasteiger partial charge in [-0.15, -0.1) is 10.2 Å². The predicted molar refractivity (Wildman–Crippen MR) is 85.3 cm³/mol. The predicted octanol–water partition coefficient (Wildman–Crippen LogP) is 2.81. The van der Waals surface area contributed by atoms with Gasteiger partial charge in [0.15, 0.2) is 5.82 Å². The molecule has 1 saturated heterocycles. The molecule has 0 spiro atoms. The smallest absolute Gasteiger partial charge is 0.202 e. The number of rotatable bonds is 3. The number of nitrogens with zero attached hydrogens (tertiary/aromatic N) is 5. The number of hydrogen-bond acceptors (Lipinski definition) is 5. The lowest BCUT2D eigenvalue weighted by Crippen LogP contribution is -2.38. The molecule has 1 aromatic carbocycles. The number of pyridine rings is 1. The molecule has 0 radical (unpaired) electrons. The van der Waals surface area contributed by atoms with Gasteiger partial charge in [-0.25, -0.2) is 4.98 Å². The fourth-order valence-electron chi connectivity index (χ4n) is 2.45. The van der Waals surface area contributed by atoms with Gasteiger partial charge in [0.25, 0.3) is 0 Å². The first kappa shape index (κ1) is 12.9. The van der Waals surface area contributed by atoms with E-state index in [0.717, 1.165) is 35.9 Å². The van der Waals surface area contributed by atoms with Crippen LogP contribution in [-0.4, -0.2) is 33.3 Å². The maximum Gasteiger partial charge on any atom is 0.202 e. The fraction of sp³-hybridized carbons (Fsp3) is 0.176. The van der Waals surface area contributed by atoms with Crippen LogP contribution < -0.4 is 4.90 Å². The largest absolute Gasteiger partial charge is 0.355 e. The number of hydrogen-bond donors (Lipinski definition) is 0. The molecule has 0 bridgehead atoms. The highest BCUT2D eigenvalue weighted by molar-refractivity contribution is 5.73. The van der Waals surface area contributed by atoms with Gasteiger partial charge in [0.05, 0.1) is 0 Å². The van der Waals surface area contributed by atoms with E-state index in [1.165, 1.54) is 6.42 Å². The van der Waals surface area contributed by atoms with Crippen LogP contribution in [0.5, 0.6) is 0 Å². The van der Waals surface area contributed by atoms with Crippen molar-refractivity contribution in [3.05, 3.63) is 54.7 Å². The molecule has 2 aromatic heterocycles. The van der Waals surface area contributed by atoms with Gasteiger partial charge in [0.1, 0.15) is 11.4 Å². The molecular weight excluding hydrogens is 274 g/mol. The van der Waals surface area contributed by atoms with Crippen molar-refractivity contribution < 1.29 is 0 Å². The summed E-state index contributed by atoms with van der Waals surface area (Å²) < 4.78 is 0. The summed E-state index contributed by atoms with van der Waals surface area (Å²) in [7, 11) is 0. The van der Waals surface area contributed by atoms with Crippen LogP contribution in [0.3, 0.4) is 0 Å². The van der Waals surface area contributed by atoms with E-state index >= 15 is 0 Å². The van der Waals surface area contributed by atoms with E-state index in [-0.39, 0.29) is 0 Å². The summed E-state index contributed by atoms with van der Waals surface area (Å²) in [5, 5.41) is 8.71. The van der Waals surface area contributed by atoms with Crippen molar-refractivity contribution in [2.75, 3.05) is 18.0 Å². The van der Waals surface area contributed by atoms with Crippen molar-refractivity contribution in [1.82, 2.24) is 20.2 Å². The molecule has 1 aliphatic heterocycles. The van der Waals surface area contributed by atoms with Crippen molar-refractivity contribution in [2.24, 2.45) is 0 Å². The summed E-state index contributed by atoms with van der Waals surface area (Å²) in [6.07, 6.45) is 2.93. The summed E-state index contributed by atoms with van der Waals surface area (Å²) in [5.41, 5.74) is 2.62. The Labute approximate surface area is 128 Å². The molecule has 5 nitrogen and oxygen atoms in total. The topological polar surface area (TPSA) is 54.8 Å². The van der Waals surface area contributed by atoms with Crippen LogP contribution in [0.4, 0.5) is 5.82 Å². The lowest BCUT2D eigenvalue weighted by atomic mass is 10.1. The maximum absolute atomic E-state index is 4.73. The normalized spacial score (nSPS) is 13.7. The molecule has 108 valence electrons. The van der Waals surface area contributed by atoms with Crippen molar-refractivity contribution >= 4 is 5.82 Å². The third-order valence-corrected chi connectivity index (χ3v) is 3.77. The first-order valence-corrected chi connectivity index (χ1v) is 7.38. The van der Waals surface area contributed by atoms with E-state index in [1.54, 1.807) is 6.20 Å². The van der Waals surface area contributed by atoms with E-state index in [2.05, 4.69) is 20.1 Å². The quantitative estimate of drug-likeness (QED) is 0.742. The molecule has 1 aliphatic rings. The Hall–Kier alpha value is -2.82. The van der Waals surface area contributed by atoms with Crippen LogP contribution in [0.25, 0.3) is 22.8 Å². The number of aromatic nitrogens is 4. The van der Waals surface area contributed by atoms with Crippen molar-refractivity contribution in [1.29, 1.82) is 0 Å². The SMILES string of the molecule is c1ccc(-c2nnc(-c3ccccn3)nc2N2CCC2)cc1. The summed E-state index contributed by atoms with van der Waals surface area (Å²) in [6, 6.07) is 15.8. The van der Waals surface area contributed by atoms with Gasteiger partial charge in [-0.3, -0.25) is 4.98 Å². The average Bonchev–Trinajstić information content (AvgIpc) is 2.55. The van der Waals surface area contributed by atoms with E-state index in [4.69, 9.17) is 4.98 Å². The Bertz CT molecular complexity index is 770. The summed E-state index contributed by atoms with van der Waals surface area (Å²) in [6.45, 7) is 2.03. The van der Waals surface area contributed by atoms with Crippen LogP contribution in [-0.2, 0) is 0 Å². The summed E-state index contributed by atoms with van der Waals surface area (Å²) in [4.78, 5) is 11.3. The van der Waals surface area contributed by atoms with Crippen LogP contribution in [0.2, 0.25) is 0 Å². The molecule has 5 heteroatoms. The van der Waals surface area contributed by atoms with Gasteiger partial charge >= 0.3 is 0 Å². The highest BCUT2D eigenvalue weighted by Gasteiger charge is 2.22. The van der Waals surface area contributed by atoms with E-state index < -0.39 is 0 Å². The number of anilines is 1. The molecule has 0 atom stereocenters. The summed E-state index contributed by atoms with van der Waals surface area (Å²) >= 11 is 0. The second-order valence-electron chi connectivity index (χ2n) is 5.23. The van der Waals surface area contributed by atoms with E-state index in [9.17, 15) is 0 Å². The Balaban J connectivity index is 1.82. The van der Waals surface area contributed by atoms with E-state index in [1.807, 2.05) is 48.5 Å². The van der Waals surface area contributed by atoms with Crippen LogP contribution >= 0.6 is 0 Å². The average molecular weight is 289 g/mol. The molecule has 0 unspecified atom stereocenters. The van der Waals surface area contributed by atoms with Crippen LogP contribution in [0.15, 0.2) is 54.7 Å². The molecule has 3 heterocycles. The second kappa shape index (κ2) is 5.52. The molecule has 1 fully saturated rings. The highest BCUT2D eigenvalue weighted by atomic mass is 15.3. The third-order valence-electron chi connectivity index (χ3n) is 3.77. The number of benzene rings is 1. The van der Waals surface area contributed by atoms with Gasteiger partial charge in [-0.2, -0.15) is 0 Å². The third kappa shape index (κ3) is 2.30. The maximum atomic E-state index is 4.73. The minimum Gasteiger partial charge on any atom is -0.355 e. The zero-order chi connectivity index (χ0) is 14.8. The van der Waals surface area contributed by atoms with Gasteiger partial charge in [-0.05, 0) is 18.6 Å². The second-order valence-corrected chi connectivity index (χ2v) is 5.23. The van der Waals surface area contributed by atoms with E-state index in [0.29, 0.717) is 5.82 Å². The molecule has 0 N–H and O–H groups in total. The minimum atomic E-state index is 0.571. The van der Waals surface area contributed by atoms with Crippen LogP contribution in [0, 0.1) is 0 Å². The zero-order valence-corrected chi connectivity index (χ0v) is 12.1. The molecule has 0 saturated carbocycles. The first-order valence-electron chi connectivity index (χ1n) is 7.38. The van der Waals surface area contributed by atoms with Crippen molar-refractivity contribution in [3.63, 3.8) is 0 Å². The molecule has 0 aliphatic carbocycles. The molecule has 22 heavy (non-hydrogen) atoms. The molecular formula is C17H15N5. The Morgan fingerprint density at radius 3 is 2.36 bits per heavy atom. The van der Waals surface area contributed by atoms with Crippen molar-refractivity contribution in [3.8, 4) is 22.8 Å². The first-order chi connectivity index (χ1) is 10.9. The highest BCUT2D eigenvalue weighted by Crippen LogP contribution is 2.30. The Morgan fingerprint density at radius 1 is 0.864 bits per heavy atom. The Kier molecular flexibility index (Phi) is 3.23.